The number of carbonyl (C=O) groups is 1. The van der Waals surface area contributed by atoms with E-state index in [2.05, 4.69) is 40.1 Å². The first-order chi connectivity index (χ1) is 12.2. The summed E-state index contributed by atoms with van der Waals surface area (Å²) in [5.41, 5.74) is 2.42. The van der Waals surface area contributed by atoms with E-state index in [9.17, 15) is 9.18 Å². The molecule has 0 fully saturated rings. The fourth-order valence-corrected chi connectivity index (χ4v) is 4.70. The Labute approximate surface area is 160 Å². The van der Waals surface area contributed by atoms with Gasteiger partial charge in [-0.2, -0.15) is 0 Å². The fraction of sp³-hybridized carbons (Fsp3) is 0.333. The third kappa shape index (κ3) is 2.60. The van der Waals surface area contributed by atoms with Crippen molar-refractivity contribution in [3.8, 4) is 0 Å². The summed E-state index contributed by atoms with van der Waals surface area (Å²) < 4.78 is 15.0. The summed E-state index contributed by atoms with van der Waals surface area (Å²) in [5, 5.41) is 3.32. The quantitative estimate of drug-likeness (QED) is 0.682. The van der Waals surface area contributed by atoms with Gasteiger partial charge in [0.1, 0.15) is 11.6 Å². The molecule has 0 bridgehead atoms. The normalized spacial score (nSPS) is 24.0. The lowest BCUT2D eigenvalue weighted by Crippen LogP contribution is -2.42. The van der Waals surface area contributed by atoms with Crippen LogP contribution in [0.25, 0.3) is 0 Å². The molecule has 0 saturated heterocycles. The van der Waals surface area contributed by atoms with Gasteiger partial charge in [0.25, 0.3) is 0 Å². The van der Waals surface area contributed by atoms with Crippen molar-refractivity contribution in [2.24, 2.45) is 5.41 Å². The van der Waals surface area contributed by atoms with Crippen LogP contribution in [0.15, 0.2) is 52.3 Å². The molecule has 1 aliphatic carbocycles. The second-order valence-electron chi connectivity index (χ2n) is 8.10. The number of carbonyl (C=O) groups excluding carboxylic acids is 1. The zero-order valence-electron chi connectivity index (χ0n) is 15.0. The van der Waals surface area contributed by atoms with Crippen molar-refractivity contribution >= 4 is 27.5 Å². The van der Waals surface area contributed by atoms with Crippen LogP contribution in [0.3, 0.4) is 0 Å². The van der Waals surface area contributed by atoms with E-state index in [0.29, 0.717) is 17.8 Å². The first kappa shape index (κ1) is 17.4. The molecule has 0 spiro atoms. The number of anilines is 1. The number of ketones is 1. The van der Waals surface area contributed by atoms with Gasteiger partial charge in [-0.15, -0.1) is 0 Å². The van der Waals surface area contributed by atoms with E-state index < -0.39 is 11.2 Å². The average molecular weight is 415 g/mol. The highest BCUT2D eigenvalue weighted by Gasteiger charge is 2.48. The van der Waals surface area contributed by atoms with Crippen LogP contribution in [0.4, 0.5) is 10.2 Å². The van der Waals surface area contributed by atoms with E-state index in [-0.39, 0.29) is 11.2 Å². The van der Waals surface area contributed by atoms with Gasteiger partial charge in [0.15, 0.2) is 5.78 Å². The van der Waals surface area contributed by atoms with Crippen LogP contribution in [0.5, 0.6) is 0 Å². The number of hydrogen-bond donors (Lipinski definition) is 1. The highest BCUT2D eigenvalue weighted by Crippen LogP contribution is 2.52. The SMILES string of the molecule is CC1(C)CC(=O)C2=C(C1)Nc1ncc(F)cc1[C@@]2(C)c1cccc(Br)c1. The zero-order valence-corrected chi connectivity index (χ0v) is 16.6. The molecule has 1 aromatic heterocycles. The van der Waals surface area contributed by atoms with E-state index >= 15 is 0 Å². The maximum Gasteiger partial charge on any atom is 0.162 e. The number of halogens is 2. The molecule has 2 aromatic rings. The topological polar surface area (TPSA) is 42.0 Å². The van der Waals surface area contributed by atoms with Gasteiger partial charge in [-0.25, -0.2) is 9.37 Å². The van der Waals surface area contributed by atoms with Crippen LogP contribution in [0.2, 0.25) is 0 Å². The number of aromatic nitrogens is 1. The molecule has 5 heteroatoms. The van der Waals surface area contributed by atoms with Crippen molar-refractivity contribution < 1.29 is 9.18 Å². The van der Waals surface area contributed by atoms with Crippen LogP contribution >= 0.6 is 15.9 Å². The molecular weight excluding hydrogens is 395 g/mol. The van der Waals surface area contributed by atoms with Crippen molar-refractivity contribution in [1.29, 1.82) is 0 Å². The van der Waals surface area contributed by atoms with Crippen molar-refractivity contribution in [3.63, 3.8) is 0 Å². The van der Waals surface area contributed by atoms with Crippen molar-refractivity contribution in [2.75, 3.05) is 5.32 Å². The maximum absolute atomic E-state index is 14.1. The summed E-state index contributed by atoms with van der Waals surface area (Å²) in [6.07, 6.45) is 2.46. The molecule has 1 N–H and O–H groups in total. The molecule has 2 aliphatic rings. The fourth-order valence-electron chi connectivity index (χ4n) is 4.31. The Morgan fingerprint density at radius 2 is 1.96 bits per heavy atom. The lowest BCUT2D eigenvalue weighted by atomic mass is 9.62. The zero-order chi connectivity index (χ0) is 18.7. The van der Waals surface area contributed by atoms with Gasteiger partial charge in [0.05, 0.1) is 11.6 Å². The number of nitrogens with one attached hydrogen (secondary N) is 1. The Balaban J connectivity index is 2.04. The van der Waals surface area contributed by atoms with Gasteiger partial charge in [-0.05, 0) is 42.5 Å². The standard InChI is InChI=1S/C21H20BrFN2O/c1-20(2)9-16-18(17(26)10-20)21(3,12-5-4-6-13(22)7-12)15-8-14(23)11-24-19(15)25-16/h4-8,11H,9-10H2,1-3H3,(H,24,25)/t21-/m1/s1. The number of Topliss-reactive ketones (excluding diaryl/α,β-unsaturated/α-hetero) is 1. The number of pyridine rings is 1. The number of nitrogens with zero attached hydrogens (tertiary/aromatic N) is 1. The highest BCUT2D eigenvalue weighted by molar-refractivity contribution is 9.10. The molecule has 0 radical (unpaired) electrons. The molecule has 0 unspecified atom stereocenters. The van der Waals surface area contributed by atoms with Gasteiger partial charge in [0, 0.05) is 27.7 Å². The molecule has 1 aliphatic heterocycles. The van der Waals surface area contributed by atoms with Crippen LogP contribution in [0, 0.1) is 11.2 Å². The predicted octanol–water partition coefficient (Wildman–Crippen LogP) is 5.36. The van der Waals surface area contributed by atoms with Gasteiger partial charge in [-0.3, -0.25) is 4.79 Å². The van der Waals surface area contributed by atoms with Gasteiger partial charge in [-0.1, -0.05) is 41.9 Å². The third-order valence-electron chi connectivity index (χ3n) is 5.44. The minimum absolute atomic E-state index is 0.112. The minimum atomic E-state index is -0.748. The Hall–Kier alpha value is -2.01. The van der Waals surface area contributed by atoms with E-state index in [1.807, 2.05) is 31.2 Å². The maximum atomic E-state index is 14.1. The lowest BCUT2D eigenvalue weighted by Gasteiger charge is -2.44. The molecule has 1 atom stereocenters. The summed E-state index contributed by atoms with van der Waals surface area (Å²) in [6, 6.07) is 9.36. The summed E-state index contributed by atoms with van der Waals surface area (Å²) in [4.78, 5) is 17.5. The number of fused-ring (bicyclic) bond motifs is 1. The number of benzene rings is 1. The Morgan fingerprint density at radius 3 is 2.69 bits per heavy atom. The lowest BCUT2D eigenvalue weighted by molar-refractivity contribution is -0.118. The van der Waals surface area contributed by atoms with Crippen LogP contribution < -0.4 is 5.32 Å². The Bertz CT molecular complexity index is 966. The number of hydrogen-bond acceptors (Lipinski definition) is 3. The summed E-state index contributed by atoms with van der Waals surface area (Å²) in [7, 11) is 0. The molecule has 134 valence electrons. The second kappa shape index (κ2) is 5.74. The van der Waals surface area contributed by atoms with E-state index in [1.165, 1.54) is 12.3 Å². The monoisotopic (exact) mass is 414 g/mol. The number of allylic oxidation sites excluding steroid dienone is 2. The Kier molecular flexibility index (Phi) is 3.85. The third-order valence-corrected chi connectivity index (χ3v) is 5.93. The summed E-state index contributed by atoms with van der Waals surface area (Å²) in [5.74, 6) is 0.332. The molecule has 3 nitrogen and oxygen atoms in total. The number of rotatable bonds is 1. The largest absolute Gasteiger partial charge is 0.343 e. The molecule has 2 heterocycles. The van der Waals surface area contributed by atoms with Crippen molar-refractivity contribution in [3.05, 3.63) is 69.2 Å². The molecule has 0 saturated carbocycles. The molecule has 26 heavy (non-hydrogen) atoms. The van der Waals surface area contributed by atoms with Gasteiger partial charge in [0.2, 0.25) is 0 Å². The van der Waals surface area contributed by atoms with E-state index in [4.69, 9.17) is 0 Å². The van der Waals surface area contributed by atoms with Crippen molar-refractivity contribution in [1.82, 2.24) is 4.98 Å². The van der Waals surface area contributed by atoms with Crippen LogP contribution in [0.1, 0.15) is 44.7 Å². The second-order valence-corrected chi connectivity index (χ2v) is 9.02. The van der Waals surface area contributed by atoms with E-state index in [0.717, 1.165) is 27.7 Å². The predicted molar refractivity (Wildman–Crippen MR) is 103 cm³/mol. The van der Waals surface area contributed by atoms with Gasteiger partial charge >= 0.3 is 0 Å². The molecule has 0 amide bonds. The summed E-state index contributed by atoms with van der Waals surface area (Å²) >= 11 is 3.52. The van der Waals surface area contributed by atoms with Crippen LogP contribution in [-0.4, -0.2) is 10.8 Å². The first-order valence-corrected chi connectivity index (χ1v) is 9.46. The first-order valence-electron chi connectivity index (χ1n) is 8.67. The average Bonchev–Trinajstić information content (AvgIpc) is 2.54. The van der Waals surface area contributed by atoms with Crippen LogP contribution in [-0.2, 0) is 10.2 Å². The van der Waals surface area contributed by atoms with Gasteiger partial charge < -0.3 is 5.32 Å². The van der Waals surface area contributed by atoms with Crippen molar-refractivity contribution in [2.45, 2.75) is 39.0 Å². The molecule has 4 rings (SSSR count). The Morgan fingerprint density at radius 1 is 1.19 bits per heavy atom. The smallest absolute Gasteiger partial charge is 0.162 e. The molecule has 1 aromatic carbocycles. The minimum Gasteiger partial charge on any atom is -0.343 e. The molecular formula is C21H20BrFN2O. The van der Waals surface area contributed by atoms with E-state index in [1.54, 1.807) is 0 Å². The summed E-state index contributed by atoms with van der Waals surface area (Å²) in [6.45, 7) is 6.20. The highest BCUT2D eigenvalue weighted by atomic mass is 79.9.